The molecule has 6 heteroatoms. The first-order valence-corrected chi connectivity index (χ1v) is 8.36. The zero-order chi connectivity index (χ0) is 18.7. The van der Waals surface area contributed by atoms with Gasteiger partial charge in [-0.3, -0.25) is 20.4 Å². The normalized spacial score (nSPS) is 11.8. The Morgan fingerprint density at radius 1 is 1.04 bits per heavy atom. The van der Waals surface area contributed by atoms with Gasteiger partial charge in [0.1, 0.15) is 11.4 Å². The van der Waals surface area contributed by atoms with Crippen LogP contribution in [-0.4, -0.2) is 22.9 Å². The Morgan fingerprint density at radius 3 is 2.58 bits per heavy atom. The zero-order valence-corrected chi connectivity index (χ0v) is 14.9. The van der Waals surface area contributed by atoms with Gasteiger partial charge in [0.25, 0.3) is 11.8 Å². The first-order valence-electron chi connectivity index (χ1n) is 8.36. The highest BCUT2D eigenvalue weighted by Gasteiger charge is 2.17. The number of H-pyrrole nitrogens is 1. The summed E-state index contributed by atoms with van der Waals surface area (Å²) in [5.41, 5.74) is 8.09. The van der Waals surface area contributed by atoms with E-state index in [2.05, 4.69) is 15.8 Å². The van der Waals surface area contributed by atoms with E-state index < -0.39 is 17.9 Å². The summed E-state index contributed by atoms with van der Waals surface area (Å²) >= 11 is 0. The number of hydrazine groups is 1. The Bertz CT molecular complexity index is 929. The summed E-state index contributed by atoms with van der Waals surface area (Å²) in [7, 11) is 0. The quantitative estimate of drug-likeness (QED) is 0.632. The van der Waals surface area contributed by atoms with Crippen LogP contribution in [0, 0.1) is 13.8 Å². The molecule has 0 radical (unpaired) electrons. The number of hydrogen-bond acceptors (Lipinski definition) is 3. The van der Waals surface area contributed by atoms with Gasteiger partial charge in [0.2, 0.25) is 0 Å². The molecule has 1 atom stereocenters. The number of amides is 2. The van der Waals surface area contributed by atoms with Gasteiger partial charge in [-0.15, -0.1) is 0 Å². The third-order valence-electron chi connectivity index (χ3n) is 4.30. The molecular weight excluding hydrogens is 330 g/mol. The van der Waals surface area contributed by atoms with Crippen LogP contribution >= 0.6 is 0 Å². The number of aromatic nitrogens is 1. The molecule has 1 aromatic heterocycles. The van der Waals surface area contributed by atoms with Gasteiger partial charge in [0.05, 0.1) is 0 Å². The number of ether oxygens (including phenoxy) is 1. The molecular formula is C20H21N3O3. The summed E-state index contributed by atoms with van der Waals surface area (Å²) in [6.45, 7) is 5.55. The van der Waals surface area contributed by atoms with E-state index in [0.717, 1.165) is 22.0 Å². The molecule has 134 valence electrons. The van der Waals surface area contributed by atoms with Gasteiger partial charge in [0.15, 0.2) is 6.10 Å². The second kappa shape index (κ2) is 7.31. The molecule has 6 nitrogen and oxygen atoms in total. The smallest absolute Gasteiger partial charge is 0.286 e. The number of rotatable bonds is 4. The number of benzene rings is 2. The molecule has 0 aliphatic carbocycles. The molecule has 0 saturated heterocycles. The number of carbonyl (C=O) groups is 2. The van der Waals surface area contributed by atoms with Crippen molar-refractivity contribution in [3.8, 4) is 5.75 Å². The molecule has 0 aliphatic heterocycles. The average molecular weight is 351 g/mol. The van der Waals surface area contributed by atoms with E-state index in [1.54, 1.807) is 13.0 Å². The highest BCUT2D eigenvalue weighted by molar-refractivity contribution is 5.98. The SMILES string of the molecule is Cc1cccc(O[C@H](C)C(=O)NNC(=O)c2cc3ccccc3[nH]2)c1C. The van der Waals surface area contributed by atoms with Crippen LogP contribution in [0.4, 0.5) is 0 Å². The fourth-order valence-corrected chi connectivity index (χ4v) is 2.58. The van der Waals surface area contributed by atoms with Crippen LogP contribution < -0.4 is 15.6 Å². The standard InChI is InChI=1S/C20H21N3O3/c1-12-7-6-10-18(13(12)2)26-14(3)19(24)22-23-20(25)17-11-15-8-4-5-9-16(15)21-17/h4-11,14,21H,1-3H3,(H,22,24)(H,23,25)/t14-/m1/s1. The summed E-state index contributed by atoms with van der Waals surface area (Å²) in [5.74, 6) is -0.210. The largest absolute Gasteiger partial charge is 0.481 e. The van der Waals surface area contributed by atoms with Gasteiger partial charge in [-0.05, 0) is 50.1 Å². The number of aryl methyl sites for hydroxylation is 1. The van der Waals surface area contributed by atoms with Crippen molar-refractivity contribution >= 4 is 22.7 Å². The summed E-state index contributed by atoms with van der Waals surface area (Å²) in [4.78, 5) is 27.4. The zero-order valence-electron chi connectivity index (χ0n) is 14.9. The average Bonchev–Trinajstić information content (AvgIpc) is 3.07. The number of carbonyl (C=O) groups excluding carboxylic acids is 2. The van der Waals surface area contributed by atoms with Gasteiger partial charge in [0, 0.05) is 10.9 Å². The predicted molar refractivity (Wildman–Crippen MR) is 99.9 cm³/mol. The van der Waals surface area contributed by atoms with Crippen molar-refractivity contribution in [1.29, 1.82) is 0 Å². The Morgan fingerprint density at radius 2 is 1.81 bits per heavy atom. The summed E-state index contributed by atoms with van der Waals surface area (Å²) in [5, 5.41) is 0.926. The second-order valence-corrected chi connectivity index (χ2v) is 6.17. The van der Waals surface area contributed by atoms with Gasteiger partial charge in [-0.1, -0.05) is 30.3 Å². The topological polar surface area (TPSA) is 83.2 Å². The first-order chi connectivity index (χ1) is 12.5. The van der Waals surface area contributed by atoms with E-state index in [1.807, 2.05) is 56.3 Å². The van der Waals surface area contributed by atoms with Crippen molar-refractivity contribution in [2.45, 2.75) is 26.9 Å². The van der Waals surface area contributed by atoms with Crippen molar-refractivity contribution in [3.63, 3.8) is 0 Å². The summed E-state index contributed by atoms with van der Waals surface area (Å²) in [6, 6.07) is 15.0. The molecule has 0 unspecified atom stereocenters. The number of hydrogen-bond donors (Lipinski definition) is 3. The maximum atomic E-state index is 12.2. The Labute approximate surface area is 151 Å². The Kier molecular flexibility index (Phi) is 4.93. The van der Waals surface area contributed by atoms with Crippen LogP contribution in [0.15, 0.2) is 48.5 Å². The maximum absolute atomic E-state index is 12.2. The van der Waals surface area contributed by atoms with Crippen LogP contribution in [0.2, 0.25) is 0 Å². The van der Waals surface area contributed by atoms with Crippen LogP contribution in [-0.2, 0) is 4.79 Å². The lowest BCUT2D eigenvalue weighted by Crippen LogP contribution is -2.47. The number of aromatic amines is 1. The van der Waals surface area contributed by atoms with Crippen LogP contribution in [0.3, 0.4) is 0 Å². The van der Waals surface area contributed by atoms with Gasteiger partial charge < -0.3 is 9.72 Å². The lowest BCUT2D eigenvalue weighted by atomic mass is 10.1. The molecule has 0 spiro atoms. The molecule has 0 bridgehead atoms. The lowest BCUT2D eigenvalue weighted by Gasteiger charge is -2.17. The monoisotopic (exact) mass is 351 g/mol. The number of nitrogens with one attached hydrogen (secondary N) is 3. The van der Waals surface area contributed by atoms with Crippen molar-refractivity contribution in [3.05, 3.63) is 65.4 Å². The van der Waals surface area contributed by atoms with Crippen molar-refractivity contribution < 1.29 is 14.3 Å². The number of para-hydroxylation sites is 1. The third kappa shape index (κ3) is 3.69. The number of fused-ring (bicyclic) bond motifs is 1. The molecule has 2 amide bonds. The van der Waals surface area contributed by atoms with Crippen LogP contribution in [0.5, 0.6) is 5.75 Å². The van der Waals surface area contributed by atoms with Gasteiger partial charge in [-0.25, -0.2) is 0 Å². The van der Waals surface area contributed by atoms with Crippen LogP contribution in [0.1, 0.15) is 28.5 Å². The van der Waals surface area contributed by atoms with E-state index in [1.165, 1.54) is 0 Å². The lowest BCUT2D eigenvalue weighted by molar-refractivity contribution is -0.128. The molecule has 0 fully saturated rings. The predicted octanol–water partition coefficient (Wildman–Crippen LogP) is 3.01. The second-order valence-electron chi connectivity index (χ2n) is 6.17. The molecule has 2 aromatic carbocycles. The van der Waals surface area contributed by atoms with Crippen molar-refractivity contribution in [2.24, 2.45) is 0 Å². The minimum atomic E-state index is -0.751. The van der Waals surface area contributed by atoms with E-state index in [0.29, 0.717) is 11.4 Å². The molecule has 0 aliphatic rings. The Hall–Kier alpha value is -3.28. The van der Waals surface area contributed by atoms with Gasteiger partial charge >= 0.3 is 0 Å². The first kappa shape index (κ1) is 17.5. The van der Waals surface area contributed by atoms with E-state index in [9.17, 15) is 9.59 Å². The highest BCUT2D eigenvalue weighted by Crippen LogP contribution is 2.21. The highest BCUT2D eigenvalue weighted by atomic mass is 16.5. The van der Waals surface area contributed by atoms with E-state index >= 15 is 0 Å². The molecule has 3 aromatic rings. The van der Waals surface area contributed by atoms with Crippen molar-refractivity contribution in [1.82, 2.24) is 15.8 Å². The molecule has 26 heavy (non-hydrogen) atoms. The minimum absolute atomic E-state index is 0.370. The Balaban J connectivity index is 1.59. The molecule has 0 saturated carbocycles. The maximum Gasteiger partial charge on any atom is 0.286 e. The summed E-state index contributed by atoms with van der Waals surface area (Å²) < 4.78 is 5.70. The molecule has 3 N–H and O–H groups in total. The van der Waals surface area contributed by atoms with E-state index in [4.69, 9.17) is 4.74 Å². The van der Waals surface area contributed by atoms with Gasteiger partial charge in [-0.2, -0.15) is 0 Å². The van der Waals surface area contributed by atoms with Crippen molar-refractivity contribution in [2.75, 3.05) is 0 Å². The fraction of sp³-hybridized carbons (Fsp3) is 0.200. The minimum Gasteiger partial charge on any atom is -0.481 e. The van der Waals surface area contributed by atoms with Crippen LogP contribution in [0.25, 0.3) is 10.9 Å². The van der Waals surface area contributed by atoms with E-state index in [-0.39, 0.29) is 0 Å². The molecule has 1 heterocycles. The third-order valence-corrected chi connectivity index (χ3v) is 4.30. The molecule has 3 rings (SSSR count). The summed E-state index contributed by atoms with van der Waals surface area (Å²) in [6.07, 6.45) is -0.751. The fourth-order valence-electron chi connectivity index (χ4n) is 2.58.